The van der Waals surface area contributed by atoms with Gasteiger partial charge in [-0.2, -0.15) is 0 Å². The molecule has 0 aromatic heterocycles. The standard InChI is InChI=1S/C8H16NO2P/c1-6(2)12(10,11)8-4-3-7(9)5-8/h5-7H,3-4,9H2,1-2H3,(H,10,11). The van der Waals surface area contributed by atoms with Crippen LogP contribution in [0, 0.1) is 0 Å². The van der Waals surface area contributed by atoms with Gasteiger partial charge in [0, 0.05) is 17.0 Å². The van der Waals surface area contributed by atoms with Crippen LogP contribution in [0.15, 0.2) is 11.4 Å². The number of hydrogen-bond acceptors (Lipinski definition) is 2. The first-order chi connectivity index (χ1) is 5.44. The second kappa shape index (κ2) is 3.33. The third-order valence-corrected chi connectivity index (χ3v) is 4.85. The fourth-order valence-corrected chi connectivity index (χ4v) is 2.84. The summed E-state index contributed by atoms with van der Waals surface area (Å²) in [7, 11) is -3.07. The van der Waals surface area contributed by atoms with E-state index in [4.69, 9.17) is 5.73 Å². The molecule has 0 aromatic rings. The molecule has 0 fully saturated rings. The van der Waals surface area contributed by atoms with Crippen LogP contribution in [0.4, 0.5) is 0 Å². The summed E-state index contributed by atoms with van der Waals surface area (Å²) in [4.78, 5) is 9.64. The average molecular weight is 189 g/mol. The summed E-state index contributed by atoms with van der Waals surface area (Å²) in [5.74, 6) is 0. The Morgan fingerprint density at radius 1 is 1.75 bits per heavy atom. The topological polar surface area (TPSA) is 63.3 Å². The van der Waals surface area contributed by atoms with E-state index in [0.29, 0.717) is 11.7 Å². The Labute approximate surface area is 73.1 Å². The van der Waals surface area contributed by atoms with Gasteiger partial charge in [0.2, 0.25) is 7.37 Å². The summed E-state index contributed by atoms with van der Waals surface area (Å²) in [5, 5.41) is 0.671. The van der Waals surface area contributed by atoms with Gasteiger partial charge in [0.05, 0.1) is 0 Å². The molecule has 0 bridgehead atoms. The van der Waals surface area contributed by atoms with Gasteiger partial charge in [0.1, 0.15) is 0 Å². The minimum atomic E-state index is -3.07. The highest BCUT2D eigenvalue weighted by Gasteiger charge is 2.31. The highest BCUT2D eigenvalue weighted by molar-refractivity contribution is 7.63. The van der Waals surface area contributed by atoms with Crippen molar-refractivity contribution in [2.45, 2.75) is 38.4 Å². The third-order valence-electron chi connectivity index (χ3n) is 2.25. The van der Waals surface area contributed by atoms with Gasteiger partial charge in [-0.15, -0.1) is 0 Å². The summed E-state index contributed by atoms with van der Waals surface area (Å²) in [6.45, 7) is 3.54. The van der Waals surface area contributed by atoms with Gasteiger partial charge < -0.3 is 10.6 Å². The van der Waals surface area contributed by atoms with Gasteiger partial charge in [0.25, 0.3) is 0 Å². The Morgan fingerprint density at radius 3 is 2.67 bits per heavy atom. The minimum Gasteiger partial charge on any atom is -0.341 e. The van der Waals surface area contributed by atoms with Gasteiger partial charge in [0.15, 0.2) is 0 Å². The van der Waals surface area contributed by atoms with Crippen LogP contribution in [0.3, 0.4) is 0 Å². The Kier molecular flexibility index (Phi) is 2.77. The fourth-order valence-electron chi connectivity index (χ4n) is 1.33. The van der Waals surface area contributed by atoms with Crippen molar-refractivity contribution < 1.29 is 9.46 Å². The van der Waals surface area contributed by atoms with Crippen LogP contribution < -0.4 is 5.73 Å². The molecule has 0 radical (unpaired) electrons. The van der Waals surface area contributed by atoms with E-state index in [-0.39, 0.29) is 11.7 Å². The lowest BCUT2D eigenvalue weighted by Crippen LogP contribution is -2.11. The van der Waals surface area contributed by atoms with E-state index in [1.54, 1.807) is 19.9 Å². The maximum Gasteiger partial charge on any atom is 0.227 e. The van der Waals surface area contributed by atoms with Crippen molar-refractivity contribution in [1.82, 2.24) is 0 Å². The molecule has 0 amide bonds. The summed E-state index contributed by atoms with van der Waals surface area (Å²) in [6.07, 6.45) is 3.25. The Balaban J connectivity index is 2.83. The van der Waals surface area contributed by atoms with Crippen LogP contribution in [0.1, 0.15) is 26.7 Å². The van der Waals surface area contributed by atoms with E-state index in [9.17, 15) is 9.46 Å². The normalized spacial score (nSPS) is 28.8. The molecule has 2 unspecified atom stereocenters. The summed E-state index contributed by atoms with van der Waals surface area (Å²) in [5.41, 5.74) is 5.43. The second-order valence-electron chi connectivity index (χ2n) is 3.58. The molecule has 1 aliphatic carbocycles. The smallest absolute Gasteiger partial charge is 0.227 e. The van der Waals surface area contributed by atoms with Gasteiger partial charge >= 0.3 is 0 Å². The largest absolute Gasteiger partial charge is 0.341 e. The van der Waals surface area contributed by atoms with Gasteiger partial charge in [-0.3, -0.25) is 4.57 Å². The van der Waals surface area contributed by atoms with Gasteiger partial charge in [-0.25, -0.2) is 0 Å². The molecule has 0 aliphatic heterocycles. The molecule has 70 valence electrons. The molecule has 1 rings (SSSR count). The maximum atomic E-state index is 11.7. The second-order valence-corrected chi connectivity index (χ2v) is 6.43. The van der Waals surface area contributed by atoms with Crippen LogP contribution >= 0.6 is 7.37 Å². The molecular formula is C8H16NO2P. The zero-order valence-electron chi connectivity index (χ0n) is 7.53. The van der Waals surface area contributed by atoms with Crippen LogP contribution in [0.25, 0.3) is 0 Å². The monoisotopic (exact) mass is 189 g/mol. The SMILES string of the molecule is CC(C)P(=O)(O)C1=CC(N)CC1. The average Bonchev–Trinajstić information content (AvgIpc) is 2.35. The zero-order valence-corrected chi connectivity index (χ0v) is 8.42. The Morgan fingerprint density at radius 2 is 2.33 bits per heavy atom. The molecule has 0 aromatic carbocycles. The van der Waals surface area contributed by atoms with Crippen molar-refractivity contribution in [2.75, 3.05) is 0 Å². The van der Waals surface area contributed by atoms with Crippen molar-refractivity contribution >= 4 is 7.37 Å². The van der Waals surface area contributed by atoms with Crippen molar-refractivity contribution in [3.8, 4) is 0 Å². The van der Waals surface area contributed by atoms with E-state index in [0.717, 1.165) is 6.42 Å². The first-order valence-electron chi connectivity index (χ1n) is 4.24. The lowest BCUT2D eigenvalue weighted by Gasteiger charge is -2.15. The predicted octanol–water partition coefficient (Wildman–Crippen LogP) is 1.67. The lowest BCUT2D eigenvalue weighted by molar-refractivity contribution is 0.475. The molecule has 4 heteroatoms. The molecule has 3 N–H and O–H groups in total. The first-order valence-corrected chi connectivity index (χ1v) is 5.96. The van der Waals surface area contributed by atoms with Gasteiger partial charge in [-0.1, -0.05) is 19.9 Å². The number of hydrogen-bond donors (Lipinski definition) is 2. The Hall–Kier alpha value is -0.110. The number of nitrogens with two attached hydrogens (primary N) is 1. The molecule has 0 saturated heterocycles. The van der Waals surface area contributed by atoms with Crippen molar-refractivity contribution in [2.24, 2.45) is 5.73 Å². The van der Waals surface area contributed by atoms with Crippen LogP contribution in [0.5, 0.6) is 0 Å². The predicted molar refractivity (Wildman–Crippen MR) is 50.3 cm³/mol. The summed E-state index contributed by atoms with van der Waals surface area (Å²) < 4.78 is 11.7. The molecule has 0 heterocycles. The first kappa shape index (κ1) is 9.97. The minimum absolute atomic E-state index is 0.0146. The Bertz CT molecular complexity index is 247. The van der Waals surface area contributed by atoms with E-state index in [1.165, 1.54) is 0 Å². The third kappa shape index (κ3) is 1.79. The van der Waals surface area contributed by atoms with Crippen LogP contribution in [-0.2, 0) is 4.57 Å². The van der Waals surface area contributed by atoms with E-state index in [1.807, 2.05) is 0 Å². The van der Waals surface area contributed by atoms with Crippen LogP contribution in [0.2, 0.25) is 0 Å². The molecular weight excluding hydrogens is 173 g/mol. The van der Waals surface area contributed by atoms with E-state index < -0.39 is 7.37 Å². The lowest BCUT2D eigenvalue weighted by atomic mass is 10.3. The fraction of sp³-hybridized carbons (Fsp3) is 0.750. The molecule has 0 spiro atoms. The van der Waals surface area contributed by atoms with Crippen molar-refractivity contribution in [3.63, 3.8) is 0 Å². The number of rotatable bonds is 2. The molecule has 0 saturated carbocycles. The maximum absolute atomic E-state index is 11.7. The molecule has 3 nitrogen and oxygen atoms in total. The van der Waals surface area contributed by atoms with Crippen molar-refractivity contribution in [1.29, 1.82) is 0 Å². The molecule has 12 heavy (non-hydrogen) atoms. The molecule has 2 atom stereocenters. The highest BCUT2D eigenvalue weighted by atomic mass is 31.2. The van der Waals surface area contributed by atoms with E-state index >= 15 is 0 Å². The van der Waals surface area contributed by atoms with Crippen molar-refractivity contribution in [3.05, 3.63) is 11.4 Å². The van der Waals surface area contributed by atoms with Crippen LogP contribution in [-0.4, -0.2) is 16.6 Å². The van der Waals surface area contributed by atoms with Gasteiger partial charge in [-0.05, 0) is 12.8 Å². The highest BCUT2D eigenvalue weighted by Crippen LogP contribution is 2.57. The molecule has 1 aliphatic rings. The quantitative estimate of drug-likeness (QED) is 0.649. The zero-order chi connectivity index (χ0) is 9.35. The summed E-state index contributed by atoms with van der Waals surface area (Å²) in [6, 6.07) is -0.0146. The number of allylic oxidation sites excluding steroid dienone is 1. The summed E-state index contributed by atoms with van der Waals surface area (Å²) >= 11 is 0. The van der Waals surface area contributed by atoms with E-state index in [2.05, 4.69) is 0 Å².